The van der Waals surface area contributed by atoms with Gasteiger partial charge in [-0.05, 0) is 49.6 Å². The lowest BCUT2D eigenvalue weighted by Crippen LogP contribution is -2.22. The van der Waals surface area contributed by atoms with Crippen molar-refractivity contribution in [2.75, 3.05) is 11.9 Å². The van der Waals surface area contributed by atoms with Gasteiger partial charge in [-0.3, -0.25) is 0 Å². The second kappa shape index (κ2) is 10.2. The summed E-state index contributed by atoms with van der Waals surface area (Å²) in [5.74, 6) is 1.27. The molecule has 2 rings (SSSR count). The van der Waals surface area contributed by atoms with E-state index in [0.29, 0.717) is 19.1 Å². The van der Waals surface area contributed by atoms with Crippen molar-refractivity contribution in [3.05, 3.63) is 59.2 Å². The van der Waals surface area contributed by atoms with E-state index in [1.165, 1.54) is 11.1 Å². The van der Waals surface area contributed by atoms with Crippen LogP contribution < -0.4 is 15.8 Å². The van der Waals surface area contributed by atoms with Gasteiger partial charge < -0.3 is 15.8 Å². The summed E-state index contributed by atoms with van der Waals surface area (Å²) < 4.78 is 5.66. The van der Waals surface area contributed by atoms with Crippen LogP contribution in [-0.4, -0.2) is 12.6 Å². The molecule has 2 aromatic rings. The first-order valence-electron chi connectivity index (χ1n) is 8.00. The van der Waals surface area contributed by atoms with E-state index in [-0.39, 0.29) is 24.0 Å². The minimum absolute atomic E-state index is 0. The molecule has 130 valence electrons. The first kappa shape index (κ1) is 20.3. The van der Waals surface area contributed by atoms with Crippen LogP contribution in [0.25, 0.3) is 0 Å². The molecule has 2 aromatic carbocycles. The highest BCUT2D eigenvalue weighted by molar-refractivity contribution is 14.0. The molecule has 0 radical (unpaired) electrons. The number of halogens is 1. The van der Waals surface area contributed by atoms with Crippen LogP contribution in [0.5, 0.6) is 5.75 Å². The number of ether oxygens (including phenoxy) is 1. The van der Waals surface area contributed by atoms with Crippen LogP contribution in [0.2, 0.25) is 0 Å². The largest absolute Gasteiger partial charge is 0.494 e. The third-order valence-electron chi connectivity index (χ3n) is 3.58. The van der Waals surface area contributed by atoms with E-state index in [1.807, 2.05) is 38.1 Å². The third-order valence-corrected chi connectivity index (χ3v) is 3.58. The highest BCUT2D eigenvalue weighted by Gasteiger charge is 2.04. The number of benzene rings is 2. The Labute approximate surface area is 161 Å². The molecule has 0 amide bonds. The summed E-state index contributed by atoms with van der Waals surface area (Å²) in [5.41, 5.74) is 10.4. The molecule has 0 aromatic heterocycles. The Morgan fingerprint density at radius 3 is 2.46 bits per heavy atom. The molecule has 0 spiro atoms. The average molecular weight is 439 g/mol. The maximum atomic E-state index is 5.98. The number of aryl methyl sites for hydroxylation is 2. The maximum absolute atomic E-state index is 5.98. The monoisotopic (exact) mass is 439 g/mol. The Bertz CT molecular complexity index is 669. The number of rotatable bonds is 6. The fraction of sp³-hybridized carbons (Fsp3) is 0.316. The predicted molar refractivity (Wildman–Crippen MR) is 113 cm³/mol. The highest BCUT2D eigenvalue weighted by atomic mass is 127. The normalized spacial score (nSPS) is 10.9. The zero-order chi connectivity index (χ0) is 16.7. The van der Waals surface area contributed by atoms with E-state index in [1.54, 1.807) is 0 Å². The molecule has 4 nitrogen and oxygen atoms in total. The molecule has 0 unspecified atom stereocenters. The second-order valence-electron chi connectivity index (χ2n) is 5.42. The van der Waals surface area contributed by atoms with Gasteiger partial charge in [0.05, 0.1) is 13.2 Å². The van der Waals surface area contributed by atoms with Gasteiger partial charge in [0.25, 0.3) is 0 Å². The van der Waals surface area contributed by atoms with Gasteiger partial charge in [-0.25, -0.2) is 4.99 Å². The molecule has 0 saturated heterocycles. The number of nitrogens with two attached hydrogens (primary N) is 1. The maximum Gasteiger partial charge on any atom is 0.193 e. The average Bonchev–Trinajstić information content (AvgIpc) is 2.55. The van der Waals surface area contributed by atoms with Crippen molar-refractivity contribution in [2.24, 2.45) is 10.7 Å². The first-order valence-corrected chi connectivity index (χ1v) is 8.00. The van der Waals surface area contributed by atoms with Gasteiger partial charge in [0, 0.05) is 11.3 Å². The molecule has 5 heteroatoms. The van der Waals surface area contributed by atoms with E-state index in [9.17, 15) is 0 Å². The van der Waals surface area contributed by atoms with Crippen molar-refractivity contribution in [1.82, 2.24) is 0 Å². The van der Waals surface area contributed by atoms with Crippen molar-refractivity contribution < 1.29 is 4.74 Å². The summed E-state index contributed by atoms with van der Waals surface area (Å²) >= 11 is 0. The van der Waals surface area contributed by atoms with Crippen LogP contribution in [0.15, 0.2) is 47.5 Å². The lowest BCUT2D eigenvalue weighted by atomic mass is 10.1. The molecular formula is C19H26IN3O. The SMILES string of the molecule is CCOc1cc(C)ccc1CN=C(N)Nc1ccc(CC)cc1.I. The van der Waals surface area contributed by atoms with Crippen LogP contribution in [0.4, 0.5) is 5.69 Å². The molecule has 3 N–H and O–H groups in total. The third kappa shape index (κ3) is 6.03. The predicted octanol–water partition coefficient (Wildman–Crippen LogP) is 4.50. The van der Waals surface area contributed by atoms with Gasteiger partial charge in [-0.15, -0.1) is 24.0 Å². The number of nitrogens with zero attached hydrogens (tertiary/aromatic N) is 1. The van der Waals surface area contributed by atoms with Crippen molar-refractivity contribution in [2.45, 2.75) is 33.7 Å². The Morgan fingerprint density at radius 1 is 1.12 bits per heavy atom. The van der Waals surface area contributed by atoms with Crippen molar-refractivity contribution in [3.63, 3.8) is 0 Å². The zero-order valence-electron chi connectivity index (χ0n) is 14.5. The second-order valence-corrected chi connectivity index (χ2v) is 5.42. The first-order chi connectivity index (χ1) is 11.1. The van der Waals surface area contributed by atoms with Crippen LogP contribution in [0.3, 0.4) is 0 Å². The van der Waals surface area contributed by atoms with Crippen molar-refractivity contribution >= 4 is 35.6 Å². The smallest absolute Gasteiger partial charge is 0.193 e. The standard InChI is InChI=1S/C19H25N3O.HI/c1-4-15-7-10-17(11-8-15)22-19(20)21-13-16-9-6-14(3)12-18(16)23-5-2;/h6-12H,4-5,13H2,1-3H3,(H3,20,21,22);1H. The van der Waals surface area contributed by atoms with Crippen LogP contribution >= 0.6 is 24.0 Å². The molecule has 0 atom stereocenters. The summed E-state index contributed by atoms with van der Waals surface area (Å²) in [6, 6.07) is 14.3. The van der Waals surface area contributed by atoms with Gasteiger partial charge in [0.15, 0.2) is 5.96 Å². The minimum Gasteiger partial charge on any atom is -0.494 e. The summed E-state index contributed by atoms with van der Waals surface area (Å²) in [6.45, 7) is 7.28. The Hall–Kier alpha value is -1.76. The van der Waals surface area contributed by atoms with Crippen molar-refractivity contribution in [1.29, 1.82) is 0 Å². The molecule has 0 aliphatic heterocycles. The van der Waals surface area contributed by atoms with Gasteiger partial charge in [-0.2, -0.15) is 0 Å². The molecular weight excluding hydrogens is 413 g/mol. The fourth-order valence-electron chi connectivity index (χ4n) is 2.26. The quantitative estimate of drug-likeness (QED) is 0.396. The lowest BCUT2D eigenvalue weighted by molar-refractivity contribution is 0.336. The van der Waals surface area contributed by atoms with E-state index < -0.39 is 0 Å². The number of aliphatic imine (C=N–C) groups is 1. The van der Waals surface area contributed by atoms with E-state index in [2.05, 4.69) is 35.4 Å². The number of guanidine groups is 1. The topological polar surface area (TPSA) is 59.6 Å². The highest BCUT2D eigenvalue weighted by Crippen LogP contribution is 2.21. The molecule has 0 saturated carbocycles. The van der Waals surface area contributed by atoms with Crippen LogP contribution in [0, 0.1) is 6.92 Å². The van der Waals surface area contributed by atoms with Crippen LogP contribution in [-0.2, 0) is 13.0 Å². The van der Waals surface area contributed by atoms with E-state index >= 15 is 0 Å². The number of hydrogen-bond donors (Lipinski definition) is 2. The zero-order valence-corrected chi connectivity index (χ0v) is 16.8. The van der Waals surface area contributed by atoms with E-state index in [4.69, 9.17) is 10.5 Å². The number of nitrogens with one attached hydrogen (secondary N) is 1. The molecule has 0 aliphatic rings. The minimum atomic E-state index is 0. The Balaban J connectivity index is 0.00000288. The van der Waals surface area contributed by atoms with Crippen molar-refractivity contribution in [3.8, 4) is 5.75 Å². The van der Waals surface area contributed by atoms with Gasteiger partial charge in [0.2, 0.25) is 0 Å². The molecule has 0 bridgehead atoms. The summed E-state index contributed by atoms with van der Waals surface area (Å²) in [5, 5.41) is 3.11. The number of hydrogen-bond acceptors (Lipinski definition) is 2. The van der Waals surface area contributed by atoms with Gasteiger partial charge >= 0.3 is 0 Å². The molecule has 0 fully saturated rings. The lowest BCUT2D eigenvalue weighted by Gasteiger charge is -2.10. The van der Waals surface area contributed by atoms with Gasteiger partial charge in [0.1, 0.15) is 5.75 Å². The number of anilines is 1. The Morgan fingerprint density at radius 2 is 1.83 bits per heavy atom. The van der Waals surface area contributed by atoms with E-state index in [0.717, 1.165) is 23.4 Å². The van der Waals surface area contributed by atoms with Gasteiger partial charge in [-0.1, -0.05) is 31.2 Å². The summed E-state index contributed by atoms with van der Waals surface area (Å²) in [7, 11) is 0. The fourth-order valence-corrected chi connectivity index (χ4v) is 2.26. The Kier molecular flexibility index (Phi) is 8.60. The summed E-state index contributed by atoms with van der Waals surface area (Å²) in [4.78, 5) is 4.41. The molecule has 24 heavy (non-hydrogen) atoms. The van der Waals surface area contributed by atoms with Crippen LogP contribution in [0.1, 0.15) is 30.5 Å². The molecule has 0 heterocycles. The summed E-state index contributed by atoms with van der Waals surface area (Å²) in [6.07, 6.45) is 1.03. The molecule has 0 aliphatic carbocycles.